The van der Waals surface area contributed by atoms with E-state index in [1.165, 1.54) is 23.6 Å². The number of phenols is 1. The van der Waals surface area contributed by atoms with Crippen molar-refractivity contribution in [1.82, 2.24) is 0 Å². The third kappa shape index (κ3) is 5.10. The molecule has 1 heterocycles. The van der Waals surface area contributed by atoms with Crippen LogP contribution < -0.4 is 4.74 Å². The molecule has 2 aliphatic rings. The average molecular weight is 449 g/mol. The molecule has 1 N–H and O–H groups in total. The van der Waals surface area contributed by atoms with Crippen LogP contribution in [0.25, 0.3) is 5.57 Å². The van der Waals surface area contributed by atoms with Crippen LogP contribution in [0, 0.1) is 5.92 Å². The summed E-state index contributed by atoms with van der Waals surface area (Å²) in [6, 6.07) is 14.5. The van der Waals surface area contributed by atoms with Gasteiger partial charge >= 0.3 is 5.97 Å². The number of fused-ring (bicyclic) bond motifs is 2. The summed E-state index contributed by atoms with van der Waals surface area (Å²) in [5, 5.41) is 11.0. The summed E-state index contributed by atoms with van der Waals surface area (Å²) in [4.78, 5) is 11.5. The Morgan fingerprint density at radius 3 is 2.73 bits per heavy atom. The highest BCUT2D eigenvalue weighted by molar-refractivity contribution is 5.80. The molecule has 4 heteroatoms. The SMILES string of the molecule is CC(=O)OCC1CCCC2=C1c1cc(O)c(C(C)CCCc3ccccc3)cc1OC2(C)C. The number of aryl methyl sites for hydroxylation is 1. The molecule has 0 aromatic heterocycles. The fourth-order valence-corrected chi connectivity index (χ4v) is 5.47. The van der Waals surface area contributed by atoms with Gasteiger partial charge in [-0.05, 0) is 87.1 Å². The number of hydrogen-bond donors (Lipinski definition) is 1. The second-order valence-corrected chi connectivity index (χ2v) is 10.1. The predicted octanol–water partition coefficient (Wildman–Crippen LogP) is 6.81. The lowest BCUT2D eigenvalue weighted by molar-refractivity contribution is -0.141. The van der Waals surface area contributed by atoms with E-state index in [0.29, 0.717) is 12.4 Å². The molecule has 2 aromatic rings. The molecule has 0 radical (unpaired) electrons. The molecule has 0 saturated heterocycles. The Balaban J connectivity index is 1.59. The van der Waals surface area contributed by atoms with Gasteiger partial charge in [-0.1, -0.05) is 37.3 Å². The van der Waals surface area contributed by atoms with E-state index < -0.39 is 5.60 Å². The molecule has 0 saturated carbocycles. The van der Waals surface area contributed by atoms with E-state index in [0.717, 1.165) is 55.4 Å². The lowest BCUT2D eigenvalue weighted by Crippen LogP contribution is -2.38. The van der Waals surface area contributed by atoms with E-state index >= 15 is 0 Å². The Hall–Kier alpha value is -2.75. The molecule has 176 valence electrons. The summed E-state index contributed by atoms with van der Waals surface area (Å²) in [7, 11) is 0. The minimum atomic E-state index is -0.415. The van der Waals surface area contributed by atoms with E-state index in [1.807, 2.05) is 18.2 Å². The van der Waals surface area contributed by atoms with Crippen molar-refractivity contribution < 1.29 is 19.4 Å². The minimum absolute atomic E-state index is 0.133. The van der Waals surface area contributed by atoms with Crippen LogP contribution in [-0.2, 0) is 16.0 Å². The van der Waals surface area contributed by atoms with Crippen molar-refractivity contribution in [2.75, 3.05) is 6.61 Å². The highest BCUT2D eigenvalue weighted by Gasteiger charge is 2.40. The number of aromatic hydroxyl groups is 1. The monoisotopic (exact) mass is 448 g/mol. The molecule has 2 unspecified atom stereocenters. The van der Waals surface area contributed by atoms with Crippen LogP contribution in [-0.4, -0.2) is 23.3 Å². The summed E-state index contributed by atoms with van der Waals surface area (Å²) < 4.78 is 11.9. The highest BCUT2D eigenvalue weighted by Crippen LogP contribution is 2.51. The molecular weight excluding hydrogens is 412 g/mol. The Morgan fingerprint density at radius 2 is 2.00 bits per heavy atom. The molecule has 0 bridgehead atoms. The van der Waals surface area contributed by atoms with E-state index in [-0.39, 0.29) is 17.8 Å². The minimum Gasteiger partial charge on any atom is -0.508 e. The number of ether oxygens (including phenoxy) is 2. The summed E-state index contributed by atoms with van der Waals surface area (Å²) in [6.07, 6.45) is 6.09. The van der Waals surface area contributed by atoms with Crippen LogP contribution >= 0.6 is 0 Å². The van der Waals surface area contributed by atoms with Gasteiger partial charge in [0.25, 0.3) is 0 Å². The van der Waals surface area contributed by atoms with Gasteiger partial charge in [0.1, 0.15) is 17.1 Å². The average Bonchev–Trinajstić information content (AvgIpc) is 2.78. The van der Waals surface area contributed by atoms with Gasteiger partial charge in [0.2, 0.25) is 0 Å². The number of hydrogen-bond acceptors (Lipinski definition) is 4. The maximum absolute atomic E-state index is 11.5. The van der Waals surface area contributed by atoms with E-state index in [9.17, 15) is 9.90 Å². The number of benzene rings is 2. The Labute approximate surface area is 197 Å². The summed E-state index contributed by atoms with van der Waals surface area (Å²) in [5.74, 6) is 1.26. The molecule has 2 aromatic carbocycles. The topological polar surface area (TPSA) is 55.8 Å². The molecule has 4 nitrogen and oxygen atoms in total. The number of esters is 1. The zero-order valence-corrected chi connectivity index (χ0v) is 20.3. The van der Waals surface area contributed by atoms with Gasteiger partial charge < -0.3 is 14.6 Å². The maximum atomic E-state index is 11.5. The third-order valence-electron chi connectivity index (χ3n) is 7.19. The summed E-state index contributed by atoms with van der Waals surface area (Å²) >= 11 is 0. The quantitative estimate of drug-likeness (QED) is 0.473. The van der Waals surface area contributed by atoms with Crippen molar-refractivity contribution in [2.45, 2.75) is 77.7 Å². The summed E-state index contributed by atoms with van der Waals surface area (Å²) in [5.41, 5.74) is 5.30. The second kappa shape index (κ2) is 9.62. The standard InChI is InChI=1S/C29H36O4/c1-19(10-8-13-21-11-6-5-7-12-21)23-17-27-24(16-26(23)31)28-22(18-32-20(2)30)14-9-15-25(28)29(3,4)33-27/h5-7,11-12,16-17,19,22,31H,8-10,13-15,18H2,1-4H3. The maximum Gasteiger partial charge on any atom is 0.302 e. The Bertz CT molecular complexity index is 1040. The first-order valence-corrected chi connectivity index (χ1v) is 12.2. The van der Waals surface area contributed by atoms with Crippen molar-refractivity contribution >= 4 is 11.5 Å². The first kappa shape index (κ1) is 23.4. The highest BCUT2D eigenvalue weighted by atomic mass is 16.5. The van der Waals surface area contributed by atoms with Crippen molar-refractivity contribution in [2.24, 2.45) is 5.92 Å². The molecule has 2 atom stereocenters. The molecule has 1 aliphatic heterocycles. The zero-order valence-electron chi connectivity index (χ0n) is 20.3. The molecule has 1 aliphatic carbocycles. The molecule has 0 amide bonds. The van der Waals surface area contributed by atoms with Gasteiger partial charge in [0.05, 0.1) is 6.61 Å². The van der Waals surface area contributed by atoms with Gasteiger partial charge in [-0.3, -0.25) is 4.79 Å². The lowest BCUT2D eigenvalue weighted by Gasteiger charge is -2.42. The molecule has 33 heavy (non-hydrogen) atoms. The number of carbonyl (C=O) groups excluding carboxylic acids is 1. The molecule has 0 spiro atoms. The van der Waals surface area contributed by atoms with Crippen molar-refractivity contribution in [3.05, 3.63) is 64.7 Å². The number of carbonyl (C=O) groups is 1. The van der Waals surface area contributed by atoms with Crippen molar-refractivity contribution in [3.8, 4) is 11.5 Å². The lowest BCUT2D eigenvalue weighted by atomic mass is 9.72. The fourth-order valence-electron chi connectivity index (χ4n) is 5.47. The molecule has 4 rings (SSSR count). The third-order valence-corrected chi connectivity index (χ3v) is 7.19. The second-order valence-electron chi connectivity index (χ2n) is 10.1. The zero-order chi connectivity index (χ0) is 23.6. The summed E-state index contributed by atoms with van der Waals surface area (Å²) in [6.45, 7) is 8.25. The number of rotatable bonds is 7. The molecule has 0 fully saturated rings. The molecular formula is C29H36O4. The van der Waals surface area contributed by atoms with Crippen molar-refractivity contribution in [3.63, 3.8) is 0 Å². The van der Waals surface area contributed by atoms with E-state index in [1.54, 1.807) is 0 Å². The van der Waals surface area contributed by atoms with Crippen LogP contribution in [0.1, 0.15) is 82.4 Å². The largest absolute Gasteiger partial charge is 0.508 e. The van der Waals surface area contributed by atoms with E-state index in [2.05, 4.69) is 45.0 Å². The first-order chi connectivity index (χ1) is 15.8. The van der Waals surface area contributed by atoms with Crippen LogP contribution in [0.3, 0.4) is 0 Å². The van der Waals surface area contributed by atoms with E-state index in [4.69, 9.17) is 9.47 Å². The predicted molar refractivity (Wildman–Crippen MR) is 132 cm³/mol. The van der Waals surface area contributed by atoms with Crippen LogP contribution in [0.5, 0.6) is 11.5 Å². The van der Waals surface area contributed by atoms with Gasteiger partial charge in [0, 0.05) is 24.0 Å². The van der Waals surface area contributed by atoms with Crippen LogP contribution in [0.2, 0.25) is 0 Å². The van der Waals surface area contributed by atoms with Crippen LogP contribution in [0.4, 0.5) is 0 Å². The Morgan fingerprint density at radius 1 is 1.24 bits per heavy atom. The van der Waals surface area contributed by atoms with Crippen LogP contribution in [0.15, 0.2) is 48.0 Å². The van der Waals surface area contributed by atoms with Gasteiger partial charge in [0.15, 0.2) is 0 Å². The van der Waals surface area contributed by atoms with Crippen molar-refractivity contribution in [1.29, 1.82) is 0 Å². The number of phenolic OH excluding ortho intramolecular Hbond substituents is 1. The fraction of sp³-hybridized carbons (Fsp3) is 0.483. The smallest absolute Gasteiger partial charge is 0.302 e. The normalized spacial score (nSPS) is 19.8. The first-order valence-electron chi connectivity index (χ1n) is 12.2. The van der Waals surface area contributed by atoms with Gasteiger partial charge in [-0.15, -0.1) is 0 Å². The van der Waals surface area contributed by atoms with Gasteiger partial charge in [-0.25, -0.2) is 0 Å². The van der Waals surface area contributed by atoms with Gasteiger partial charge in [-0.2, -0.15) is 0 Å². The Kier molecular flexibility index (Phi) is 6.83.